The average Bonchev–Trinajstić information content (AvgIpc) is 2.55. The third kappa shape index (κ3) is 2.74. The largest absolute Gasteiger partial charge is 0.395 e. The molecule has 0 aliphatic carbocycles. The second kappa shape index (κ2) is 4.86. The van der Waals surface area contributed by atoms with Gasteiger partial charge >= 0.3 is 0 Å². The number of aromatic amines is 1. The predicted octanol–water partition coefficient (Wildman–Crippen LogP) is -0.460. The Morgan fingerprint density at radius 1 is 1.41 bits per heavy atom. The highest BCUT2D eigenvalue weighted by Crippen LogP contribution is 2.13. The Morgan fingerprint density at radius 3 is 2.35 bits per heavy atom. The van der Waals surface area contributed by atoms with E-state index < -0.39 is 17.9 Å². The maximum atomic E-state index is 11.8. The molecule has 1 unspecified atom stereocenters. The lowest BCUT2D eigenvalue weighted by atomic mass is 10.0. The summed E-state index contributed by atoms with van der Waals surface area (Å²) in [6, 6.07) is -0.737. The van der Waals surface area contributed by atoms with E-state index >= 15 is 0 Å². The molecule has 0 aromatic carbocycles. The van der Waals surface area contributed by atoms with Crippen LogP contribution in [0.4, 0.5) is 5.69 Å². The number of nitrogens with one attached hydrogen (secondary N) is 2. The number of hydrogen-bond acceptors (Lipinski definition) is 4. The molecule has 1 rings (SSSR count). The van der Waals surface area contributed by atoms with E-state index in [0.29, 0.717) is 5.69 Å². The molecule has 0 aliphatic heterocycles. The van der Waals surface area contributed by atoms with E-state index in [1.807, 2.05) is 0 Å². The van der Waals surface area contributed by atoms with Crippen LogP contribution in [0.1, 0.15) is 30.0 Å². The van der Waals surface area contributed by atoms with Crippen LogP contribution in [0.5, 0.6) is 0 Å². The third-order valence-electron chi connectivity index (χ3n) is 2.47. The summed E-state index contributed by atoms with van der Waals surface area (Å²) in [5.74, 6) is -1.19. The van der Waals surface area contributed by atoms with Gasteiger partial charge in [0.05, 0.1) is 11.4 Å². The molecule has 94 valence electrons. The van der Waals surface area contributed by atoms with Crippen LogP contribution >= 0.6 is 0 Å². The highest BCUT2D eigenvalue weighted by atomic mass is 16.2. The van der Waals surface area contributed by atoms with Crippen molar-refractivity contribution in [2.24, 2.45) is 11.7 Å². The number of aryl methyl sites for hydroxylation is 1. The second-order valence-electron chi connectivity index (χ2n) is 4.21. The van der Waals surface area contributed by atoms with Crippen molar-refractivity contribution in [3.05, 3.63) is 11.4 Å². The summed E-state index contributed by atoms with van der Waals surface area (Å²) in [6.45, 7) is 5.27. The minimum absolute atomic E-state index is 0.0781. The summed E-state index contributed by atoms with van der Waals surface area (Å²) >= 11 is 0. The van der Waals surface area contributed by atoms with Gasteiger partial charge in [0.2, 0.25) is 5.91 Å². The quantitative estimate of drug-likeness (QED) is 0.567. The van der Waals surface area contributed by atoms with Crippen LogP contribution in [-0.2, 0) is 4.79 Å². The van der Waals surface area contributed by atoms with Crippen LogP contribution in [0, 0.1) is 12.8 Å². The minimum Gasteiger partial charge on any atom is -0.395 e. The standard InChI is InChI=1S/C10H17N5O2/c1-4(2)7(9(12)16)13-10(17)8-6(11)5(3)14-15-8/h4,7H,11H2,1-3H3,(H2,12,16)(H,13,17)(H,14,15). The Hall–Kier alpha value is -2.05. The molecule has 0 saturated carbocycles. The van der Waals surface area contributed by atoms with Crippen molar-refractivity contribution in [1.82, 2.24) is 15.5 Å². The molecular weight excluding hydrogens is 222 g/mol. The Balaban J connectivity index is 2.85. The molecule has 2 amide bonds. The maximum Gasteiger partial charge on any atom is 0.274 e. The SMILES string of the molecule is Cc1[nH]nc(C(=O)NC(C(N)=O)C(C)C)c1N. The Kier molecular flexibility index (Phi) is 3.72. The molecule has 7 nitrogen and oxygen atoms in total. The van der Waals surface area contributed by atoms with Gasteiger partial charge in [0.15, 0.2) is 5.69 Å². The minimum atomic E-state index is -0.737. The molecule has 6 N–H and O–H groups in total. The number of aromatic nitrogens is 2. The number of carbonyl (C=O) groups excluding carboxylic acids is 2. The lowest BCUT2D eigenvalue weighted by molar-refractivity contribution is -0.120. The van der Waals surface area contributed by atoms with Crippen molar-refractivity contribution in [2.45, 2.75) is 26.8 Å². The van der Waals surface area contributed by atoms with Crippen LogP contribution in [0.15, 0.2) is 0 Å². The Labute approximate surface area is 98.9 Å². The van der Waals surface area contributed by atoms with E-state index in [-0.39, 0.29) is 17.3 Å². The van der Waals surface area contributed by atoms with E-state index in [9.17, 15) is 9.59 Å². The third-order valence-corrected chi connectivity index (χ3v) is 2.47. The molecule has 0 saturated heterocycles. The number of anilines is 1. The summed E-state index contributed by atoms with van der Waals surface area (Å²) in [5.41, 5.74) is 11.8. The normalized spacial score (nSPS) is 12.5. The summed E-state index contributed by atoms with van der Waals surface area (Å²) in [6.07, 6.45) is 0. The fourth-order valence-corrected chi connectivity index (χ4v) is 1.39. The number of amides is 2. The molecule has 1 heterocycles. The first-order valence-corrected chi connectivity index (χ1v) is 5.25. The number of nitrogens with zero attached hydrogens (tertiary/aromatic N) is 1. The Morgan fingerprint density at radius 2 is 2.00 bits per heavy atom. The number of hydrogen-bond donors (Lipinski definition) is 4. The van der Waals surface area contributed by atoms with Crippen LogP contribution in [0.3, 0.4) is 0 Å². The zero-order valence-corrected chi connectivity index (χ0v) is 10.1. The Bertz CT molecular complexity index is 438. The van der Waals surface area contributed by atoms with Crippen molar-refractivity contribution >= 4 is 17.5 Å². The first-order chi connectivity index (χ1) is 7.84. The number of carbonyl (C=O) groups is 2. The fraction of sp³-hybridized carbons (Fsp3) is 0.500. The summed E-state index contributed by atoms with van der Waals surface area (Å²) in [7, 11) is 0. The highest BCUT2D eigenvalue weighted by molar-refractivity contribution is 6.00. The zero-order valence-electron chi connectivity index (χ0n) is 10.1. The van der Waals surface area contributed by atoms with E-state index in [1.54, 1.807) is 20.8 Å². The topological polar surface area (TPSA) is 127 Å². The van der Waals surface area contributed by atoms with Crippen LogP contribution in [0.2, 0.25) is 0 Å². The van der Waals surface area contributed by atoms with Crippen molar-refractivity contribution in [2.75, 3.05) is 5.73 Å². The average molecular weight is 239 g/mol. The summed E-state index contributed by atoms with van der Waals surface area (Å²) in [5, 5.41) is 8.88. The predicted molar refractivity (Wildman–Crippen MR) is 63.0 cm³/mol. The number of rotatable bonds is 4. The maximum absolute atomic E-state index is 11.8. The van der Waals surface area contributed by atoms with Gasteiger partial charge in [-0.15, -0.1) is 0 Å². The molecule has 1 aromatic rings. The second-order valence-corrected chi connectivity index (χ2v) is 4.21. The fourth-order valence-electron chi connectivity index (χ4n) is 1.39. The van der Waals surface area contributed by atoms with Crippen LogP contribution < -0.4 is 16.8 Å². The molecular formula is C10H17N5O2. The molecule has 0 aliphatic rings. The number of nitrogen functional groups attached to an aromatic ring is 1. The van der Waals surface area contributed by atoms with Crippen molar-refractivity contribution in [3.63, 3.8) is 0 Å². The van der Waals surface area contributed by atoms with E-state index in [2.05, 4.69) is 15.5 Å². The molecule has 1 atom stereocenters. The molecule has 0 radical (unpaired) electrons. The van der Waals surface area contributed by atoms with E-state index in [1.165, 1.54) is 0 Å². The highest BCUT2D eigenvalue weighted by Gasteiger charge is 2.24. The monoisotopic (exact) mass is 239 g/mol. The lowest BCUT2D eigenvalue weighted by Crippen LogP contribution is -2.47. The first kappa shape index (κ1) is 13.0. The van der Waals surface area contributed by atoms with Gasteiger partial charge in [0.25, 0.3) is 5.91 Å². The van der Waals surface area contributed by atoms with Gasteiger partial charge in [-0.1, -0.05) is 13.8 Å². The van der Waals surface area contributed by atoms with E-state index in [0.717, 1.165) is 0 Å². The van der Waals surface area contributed by atoms with Gasteiger partial charge in [-0.2, -0.15) is 5.10 Å². The van der Waals surface area contributed by atoms with Gasteiger partial charge in [0, 0.05) is 0 Å². The smallest absolute Gasteiger partial charge is 0.274 e. The van der Waals surface area contributed by atoms with Crippen LogP contribution in [-0.4, -0.2) is 28.1 Å². The van der Waals surface area contributed by atoms with E-state index in [4.69, 9.17) is 11.5 Å². The van der Waals surface area contributed by atoms with Crippen molar-refractivity contribution in [3.8, 4) is 0 Å². The molecule has 0 spiro atoms. The molecule has 7 heteroatoms. The van der Waals surface area contributed by atoms with Gasteiger partial charge in [0.1, 0.15) is 6.04 Å². The first-order valence-electron chi connectivity index (χ1n) is 5.25. The molecule has 1 aromatic heterocycles. The zero-order chi connectivity index (χ0) is 13.2. The summed E-state index contributed by atoms with van der Waals surface area (Å²) < 4.78 is 0. The van der Waals surface area contributed by atoms with Gasteiger partial charge in [-0.05, 0) is 12.8 Å². The molecule has 17 heavy (non-hydrogen) atoms. The number of primary amides is 1. The number of H-pyrrole nitrogens is 1. The van der Waals surface area contributed by atoms with Gasteiger partial charge in [-0.3, -0.25) is 14.7 Å². The number of nitrogens with two attached hydrogens (primary N) is 2. The molecule has 0 bridgehead atoms. The van der Waals surface area contributed by atoms with Crippen molar-refractivity contribution in [1.29, 1.82) is 0 Å². The van der Waals surface area contributed by atoms with Gasteiger partial charge < -0.3 is 16.8 Å². The summed E-state index contributed by atoms with van der Waals surface area (Å²) in [4.78, 5) is 23.0. The van der Waals surface area contributed by atoms with Gasteiger partial charge in [-0.25, -0.2) is 0 Å². The lowest BCUT2D eigenvalue weighted by Gasteiger charge is -2.18. The molecule has 0 fully saturated rings. The van der Waals surface area contributed by atoms with Crippen LogP contribution in [0.25, 0.3) is 0 Å². The van der Waals surface area contributed by atoms with Crippen molar-refractivity contribution < 1.29 is 9.59 Å².